The number of aryl methyl sites for hydroxylation is 1. The van der Waals surface area contributed by atoms with Crippen LogP contribution in [0.2, 0.25) is 0 Å². The van der Waals surface area contributed by atoms with Crippen LogP contribution in [0, 0.1) is 5.92 Å². The molecule has 1 aromatic heterocycles. The average Bonchev–Trinajstić information content (AvgIpc) is 2.98. The maximum Gasteiger partial charge on any atom is 0.226 e. The number of imidazole rings is 1. The molecule has 0 radical (unpaired) electrons. The van der Waals surface area contributed by atoms with Gasteiger partial charge in [-0.1, -0.05) is 12.1 Å². The summed E-state index contributed by atoms with van der Waals surface area (Å²) in [5.74, 6) is 1.64. The van der Waals surface area contributed by atoms with Gasteiger partial charge in [-0.15, -0.1) is 0 Å². The zero-order valence-corrected chi connectivity index (χ0v) is 15.2. The fourth-order valence-corrected chi connectivity index (χ4v) is 4.31. The van der Waals surface area contributed by atoms with Gasteiger partial charge in [0.2, 0.25) is 5.91 Å². The summed E-state index contributed by atoms with van der Waals surface area (Å²) in [5.41, 5.74) is 2.23. The van der Waals surface area contributed by atoms with E-state index in [1.807, 2.05) is 6.07 Å². The van der Waals surface area contributed by atoms with E-state index in [1.54, 1.807) is 0 Å². The lowest BCUT2D eigenvalue weighted by Crippen LogP contribution is -2.46. The number of para-hydroxylation sites is 2. The molecular weight excluding hydrogens is 312 g/mol. The van der Waals surface area contributed by atoms with Crippen molar-refractivity contribution < 1.29 is 4.79 Å². The minimum Gasteiger partial charge on any atom is -0.342 e. The van der Waals surface area contributed by atoms with Gasteiger partial charge in [-0.3, -0.25) is 9.69 Å². The molecule has 134 valence electrons. The molecule has 0 bridgehead atoms. The highest BCUT2D eigenvalue weighted by Gasteiger charge is 2.30. The molecule has 3 heterocycles. The number of likely N-dealkylation sites (tertiary alicyclic amines) is 2. The van der Waals surface area contributed by atoms with E-state index in [2.05, 4.69) is 39.6 Å². The number of amides is 1. The van der Waals surface area contributed by atoms with Crippen LogP contribution in [-0.4, -0.2) is 51.4 Å². The minimum absolute atomic E-state index is 0.168. The Balaban J connectivity index is 1.43. The van der Waals surface area contributed by atoms with Crippen LogP contribution in [0.1, 0.15) is 37.9 Å². The largest absolute Gasteiger partial charge is 0.342 e. The Bertz CT molecular complexity index is 747. The number of hydrogen-bond acceptors (Lipinski definition) is 3. The summed E-state index contributed by atoms with van der Waals surface area (Å²) < 4.78 is 2.19. The molecule has 1 aromatic carbocycles. The number of piperidine rings is 2. The van der Waals surface area contributed by atoms with E-state index < -0.39 is 0 Å². The number of hydrogen-bond donors (Lipinski definition) is 0. The van der Waals surface area contributed by atoms with Crippen molar-refractivity contribution in [3.8, 4) is 0 Å². The normalized spacial score (nSPS) is 22.4. The van der Waals surface area contributed by atoms with Gasteiger partial charge in [0.05, 0.1) is 23.5 Å². The van der Waals surface area contributed by atoms with Crippen LogP contribution < -0.4 is 0 Å². The van der Waals surface area contributed by atoms with Crippen molar-refractivity contribution in [1.29, 1.82) is 0 Å². The number of aromatic nitrogens is 2. The predicted octanol–water partition coefficient (Wildman–Crippen LogP) is 2.80. The molecule has 0 saturated carbocycles. The second kappa shape index (κ2) is 7.16. The van der Waals surface area contributed by atoms with E-state index in [4.69, 9.17) is 4.98 Å². The Hall–Kier alpha value is -1.88. The summed E-state index contributed by atoms with van der Waals surface area (Å²) >= 11 is 0. The van der Waals surface area contributed by atoms with Crippen molar-refractivity contribution in [3.05, 3.63) is 30.1 Å². The van der Waals surface area contributed by atoms with Gasteiger partial charge in [-0.2, -0.15) is 0 Å². The standard InChI is InChI=1S/C20H28N4O/c1-22-18-10-4-3-9-17(18)21-19(22)15-23-11-7-8-16(14-23)20(25)24-12-5-2-6-13-24/h3-4,9-10,16H,2,5-8,11-15H2,1H3/t16-/m1/s1. The maximum atomic E-state index is 12.8. The van der Waals surface area contributed by atoms with E-state index in [1.165, 1.54) is 24.8 Å². The third kappa shape index (κ3) is 3.43. The van der Waals surface area contributed by atoms with Crippen molar-refractivity contribution in [2.24, 2.45) is 13.0 Å². The highest BCUT2D eigenvalue weighted by atomic mass is 16.2. The van der Waals surface area contributed by atoms with E-state index in [-0.39, 0.29) is 5.92 Å². The SMILES string of the molecule is Cn1c(CN2CCC[C@@H](C(=O)N3CCCCC3)C2)nc2ccccc21. The monoisotopic (exact) mass is 340 g/mol. The number of fused-ring (bicyclic) bond motifs is 1. The summed E-state index contributed by atoms with van der Waals surface area (Å²) in [6.45, 7) is 4.68. The van der Waals surface area contributed by atoms with Crippen LogP contribution in [-0.2, 0) is 18.4 Å². The molecule has 5 nitrogen and oxygen atoms in total. The molecule has 0 aliphatic carbocycles. The van der Waals surface area contributed by atoms with Gasteiger partial charge >= 0.3 is 0 Å². The third-order valence-corrected chi connectivity index (χ3v) is 5.77. The van der Waals surface area contributed by atoms with Crippen LogP contribution in [0.4, 0.5) is 0 Å². The molecule has 2 fully saturated rings. The Kier molecular flexibility index (Phi) is 4.75. The Labute approximate surface area is 149 Å². The van der Waals surface area contributed by atoms with Gasteiger partial charge in [0.15, 0.2) is 0 Å². The molecule has 25 heavy (non-hydrogen) atoms. The minimum atomic E-state index is 0.168. The first-order valence-electron chi connectivity index (χ1n) is 9.64. The summed E-state index contributed by atoms with van der Waals surface area (Å²) in [7, 11) is 2.09. The summed E-state index contributed by atoms with van der Waals surface area (Å²) in [6, 6.07) is 8.28. The first kappa shape index (κ1) is 16.6. The van der Waals surface area contributed by atoms with Gasteiger partial charge < -0.3 is 9.47 Å². The molecule has 2 aliphatic heterocycles. The van der Waals surface area contributed by atoms with E-state index in [0.29, 0.717) is 5.91 Å². The predicted molar refractivity (Wildman–Crippen MR) is 99.1 cm³/mol. The number of carbonyl (C=O) groups excluding carboxylic acids is 1. The number of benzene rings is 1. The summed E-state index contributed by atoms with van der Waals surface area (Å²) in [4.78, 5) is 22.1. The van der Waals surface area contributed by atoms with Gasteiger partial charge in [-0.25, -0.2) is 4.98 Å². The van der Waals surface area contributed by atoms with Crippen LogP contribution in [0.3, 0.4) is 0 Å². The molecule has 1 atom stereocenters. The lowest BCUT2D eigenvalue weighted by Gasteiger charge is -2.36. The summed E-state index contributed by atoms with van der Waals surface area (Å²) in [6.07, 6.45) is 5.75. The van der Waals surface area contributed by atoms with Crippen molar-refractivity contribution in [2.75, 3.05) is 26.2 Å². The number of carbonyl (C=O) groups is 1. The van der Waals surface area contributed by atoms with Gasteiger partial charge in [0.1, 0.15) is 5.82 Å². The maximum absolute atomic E-state index is 12.8. The number of nitrogens with zero attached hydrogens (tertiary/aromatic N) is 4. The summed E-state index contributed by atoms with van der Waals surface area (Å²) in [5, 5.41) is 0. The van der Waals surface area contributed by atoms with E-state index >= 15 is 0 Å². The zero-order valence-electron chi connectivity index (χ0n) is 15.2. The molecule has 0 spiro atoms. The molecule has 4 rings (SSSR count). The Morgan fingerprint density at radius 3 is 2.72 bits per heavy atom. The molecule has 5 heteroatoms. The second-order valence-corrected chi connectivity index (χ2v) is 7.54. The molecule has 0 unspecified atom stereocenters. The second-order valence-electron chi connectivity index (χ2n) is 7.54. The lowest BCUT2D eigenvalue weighted by atomic mass is 9.95. The molecule has 0 N–H and O–H groups in total. The quantitative estimate of drug-likeness (QED) is 0.863. The van der Waals surface area contributed by atoms with Crippen molar-refractivity contribution in [3.63, 3.8) is 0 Å². The highest BCUT2D eigenvalue weighted by Crippen LogP contribution is 2.23. The molecule has 1 amide bonds. The Morgan fingerprint density at radius 2 is 1.92 bits per heavy atom. The third-order valence-electron chi connectivity index (χ3n) is 5.77. The van der Waals surface area contributed by atoms with Crippen molar-refractivity contribution >= 4 is 16.9 Å². The van der Waals surface area contributed by atoms with Crippen LogP contribution in [0.15, 0.2) is 24.3 Å². The van der Waals surface area contributed by atoms with Crippen LogP contribution in [0.25, 0.3) is 11.0 Å². The molecule has 2 aliphatic rings. The highest BCUT2D eigenvalue weighted by molar-refractivity contribution is 5.79. The van der Waals surface area contributed by atoms with Gasteiger partial charge in [-0.05, 0) is 50.8 Å². The van der Waals surface area contributed by atoms with Crippen molar-refractivity contribution in [2.45, 2.75) is 38.6 Å². The average molecular weight is 340 g/mol. The van der Waals surface area contributed by atoms with Crippen LogP contribution in [0.5, 0.6) is 0 Å². The van der Waals surface area contributed by atoms with E-state index in [0.717, 1.165) is 56.9 Å². The first-order valence-corrected chi connectivity index (χ1v) is 9.64. The number of rotatable bonds is 3. The van der Waals surface area contributed by atoms with Gasteiger partial charge in [0.25, 0.3) is 0 Å². The smallest absolute Gasteiger partial charge is 0.226 e. The fraction of sp³-hybridized carbons (Fsp3) is 0.600. The lowest BCUT2D eigenvalue weighted by molar-refractivity contribution is -0.138. The topological polar surface area (TPSA) is 41.4 Å². The zero-order chi connectivity index (χ0) is 17.2. The van der Waals surface area contributed by atoms with E-state index in [9.17, 15) is 4.79 Å². The molecular formula is C20H28N4O. The van der Waals surface area contributed by atoms with Crippen LogP contribution >= 0.6 is 0 Å². The van der Waals surface area contributed by atoms with Gasteiger partial charge in [0, 0.05) is 26.7 Å². The first-order chi connectivity index (χ1) is 12.2. The van der Waals surface area contributed by atoms with Crippen molar-refractivity contribution in [1.82, 2.24) is 19.4 Å². The molecule has 2 aromatic rings. The molecule has 2 saturated heterocycles. The fourth-order valence-electron chi connectivity index (χ4n) is 4.31. The Morgan fingerprint density at radius 1 is 1.12 bits per heavy atom.